The molecule has 0 aliphatic heterocycles. The van der Waals surface area contributed by atoms with Crippen molar-refractivity contribution in [1.82, 2.24) is 10.2 Å². The number of halogens is 1. The Bertz CT molecular complexity index is 890. The lowest BCUT2D eigenvalue weighted by molar-refractivity contribution is 0.591. The third-order valence-electron chi connectivity index (χ3n) is 3.02. The molecule has 3 aromatic rings. The molecule has 7 heteroatoms. The lowest BCUT2D eigenvalue weighted by atomic mass is 10.2. The molecule has 0 amide bonds. The van der Waals surface area contributed by atoms with Gasteiger partial charge in [-0.15, -0.1) is 0 Å². The topological polar surface area (TPSA) is 74.8 Å². The second-order valence-corrected chi connectivity index (χ2v) is 6.35. The van der Waals surface area contributed by atoms with E-state index in [1.54, 1.807) is 30.5 Å². The van der Waals surface area contributed by atoms with Crippen LogP contribution >= 0.6 is 0 Å². The molecular weight excluding hydrogens is 293 g/mol. The molecule has 2 aromatic carbocycles. The summed E-state index contributed by atoms with van der Waals surface area (Å²) in [5.41, 5.74) is 1.36. The summed E-state index contributed by atoms with van der Waals surface area (Å²) >= 11 is 0. The average Bonchev–Trinajstić information content (AvgIpc) is 2.88. The van der Waals surface area contributed by atoms with Crippen LogP contribution in [0.1, 0.15) is 5.56 Å². The zero-order valence-electron chi connectivity index (χ0n) is 10.9. The van der Waals surface area contributed by atoms with Crippen molar-refractivity contribution >= 4 is 26.6 Å². The van der Waals surface area contributed by atoms with Crippen LogP contribution in [0.25, 0.3) is 10.9 Å². The van der Waals surface area contributed by atoms with Gasteiger partial charge in [-0.05, 0) is 24.3 Å². The van der Waals surface area contributed by atoms with Crippen LogP contribution in [0.4, 0.5) is 10.1 Å². The smallest absolute Gasteiger partial charge is 0.237 e. The minimum absolute atomic E-state index is 0.134. The SMILES string of the molecule is O=S(=O)(Cc1ccccc1F)Nc1ccc2[nH]ncc2c1. The molecule has 2 N–H and O–H groups in total. The van der Waals surface area contributed by atoms with E-state index >= 15 is 0 Å². The minimum atomic E-state index is -3.68. The van der Waals surface area contributed by atoms with Gasteiger partial charge in [0.1, 0.15) is 5.82 Å². The maximum absolute atomic E-state index is 13.5. The third kappa shape index (κ3) is 3.03. The van der Waals surface area contributed by atoms with Crippen molar-refractivity contribution in [3.63, 3.8) is 0 Å². The van der Waals surface area contributed by atoms with Gasteiger partial charge in [0.25, 0.3) is 0 Å². The number of sulfonamides is 1. The molecule has 0 saturated heterocycles. The molecule has 108 valence electrons. The third-order valence-corrected chi connectivity index (χ3v) is 4.25. The van der Waals surface area contributed by atoms with Gasteiger partial charge in [0.2, 0.25) is 10.0 Å². The monoisotopic (exact) mass is 305 g/mol. The summed E-state index contributed by atoms with van der Waals surface area (Å²) in [4.78, 5) is 0. The molecule has 5 nitrogen and oxygen atoms in total. The van der Waals surface area contributed by atoms with Crippen molar-refractivity contribution in [2.24, 2.45) is 0 Å². The molecule has 0 atom stereocenters. The Balaban J connectivity index is 1.84. The van der Waals surface area contributed by atoms with Gasteiger partial charge < -0.3 is 0 Å². The fourth-order valence-corrected chi connectivity index (χ4v) is 3.24. The Morgan fingerprint density at radius 3 is 2.81 bits per heavy atom. The Hall–Kier alpha value is -2.41. The van der Waals surface area contributed by atoms with Crippen LogP contribution in [0.3, 0.4) is 0 Å². The maximum atomic E-state index is 13.5. The summed E-state index contributed by atoms with van der Waals surface area (Å²) in [6.07, 6.45) is 1.60. The van der Waals surface area contributed by atoms with Gasteiger partial charge in [0, 0.05) is 16.6 Å². The number of H-pyrrole nitrogens is 1. The zero-order valence-corrected chi connectivity index (χ0v) is 11.7. The molecule has 3 rings (SSSR count). The number of aromatic nitrogens is 2. The van der Waals surface area contributed by atoms with Crippen molar-refractivity contribution in [3.05, 3.63) is 60.0 Å². The number of nitrogens with zero attached hydrogens (tertiary/aromatic N) is 1. The highest BCUT2D eigenvalue weighted by atomic mass is 32.2. The predicted molar refractivity (Wildman–Crippen MR) is 78.7 cm³/mol. The molecule has 0 radical (unpaired) electrons. The van der Waals surface area contributed by atoms with Gasteiger partial charge in [-0.2, -0.15) is 5.10 Å². The highest BCUT2D eigenvalue weighted by Crippen LogP contribution is 2.19. The Labute approximate surface area is 120 Å². The van der Waals surface area contributed by atoms with Crippen molar-refractivity contribution in [2.45, 2.75) is 5.75 Å². The summed E-state index contributed by atoms with van der Waals surface area (Å²) in [6.45, 7) is 0. The van der Waals surface area contributed by atoms with E-state index in [1.165, 1.54) is 18.2 Å². The van der Waals surface area contributed by atoms with Crippen LogP contribution in [0.15, 0.2) is 48.7 Å². The van der Waals surface area contributed by atoms with E-state index in [4.69, 9.17) is 0 Å². The summed E-state index contributed by atoms with van der Waals surface area (Å²) in [6, 6.07) is 10.8. The summed E-state index contributed by atoms with van der Waals surface area (Å²) < 4.78 is 40.1. The molecule has 0 saturated carbocycles. The average molecular weight is 305 g/mol. The summed E-state index contributed by atoms with van der Waals surface area (Å²) in [7, 11) is -3.68. The molecule has 0 fully saturated rings. The van der Waals surface area contributed by atoms with Crippen LogP contribution < -0.4 is 4.72 Å². The Kier molecular flexibility index (Phi) is 3.34. The van der Waals surface area contributed by atoms with Gasteiger partial charge >= 0.3 is 0 Å². The van der Waals surface area contributed by atoms with Gasteiger partial charge in [0.05, 0.1) is 17.5 Å². The zero-order chi connectivity index (χ0) is 14.9. The minimum Gasteiger partial charge on any atom is -0.283 e. The standard InChI is InChI=1S/C14H12FN3O2S/c15-13-4-2-1-3-10(13)9-21(19,20)18-12-5-6-14-11(7-12)8-16-17-14/h1-8,18H,9H2,(H,16,17). The van der Waals surface area contributed by atoms with E-state index in [9.17, 15) is 12.8 Å². The highest BCUT2D eigenvalue weighted by Gasteiger charge is 2.14. The van der Waals surface area contributed by atoms with E-state index < -0.39 is 21.6 Å². The molecule has 0 aliphatic carbocycles. The number of benzene rings is 2. The molecule has 0 aliphatic rings. The van der Waals surface area contributed by atoms with E-state index in [-0.39, 0.29) is 5.56 Å². The molecular formula is C14H12FN3O2S. The van der Waals surface area contributed by atoms with Crippen molar-refractivity contribution in [1.29, 1.82) is 0 Å². The normalized spacial score (nSPS) is 11.7. The van der Waals surface area contributed by atoms with Crippen molar-refractivity contribution < 1.29 is 12.8 Å². The molecule has 1 aromatic heterocycles. The van der Waals surface area contributed by atoms with Gasteiger partial charge in [-0.25, -0.2) is 12.8 Å². The first kappa shape index (κ1) is 13.6. The van der Waals surface area contributed by atoms with Gasteiger partial charge in [-0.3, -0.25) is 9.82 Å². The number of hydrogen-bond acceptors (Lipinski definition) is 3. The van der Waals surface area contributed by atoms with Crippen LogP contribution in [0.5, 0.6) is 0 Å². The van der Waals surface area contributed by atoms with E-state index in [0.29, 0.717) is 5.69 Å². The number of fused-ring (bicyclic) bond motifs is 1. The Morgan fingerprint density at radius 1 is 1.19 bits per heavy atom. The lowest BCUT2D eigenvalue weighted by Gasteiger charge is -2.08. The van der Waals surface area contributed by atoms with Crippen LogP contribution in [-0.2, 0) is 15.8 Å². The van der Waals surface area contributed by atoms with E-state index in [2.05, 4.69) is 14.9 Å². The number of rotatable bonds is 4. The molecule has 0 spiro atoms. The van der Waals surface area contributed by atoms with Crippen LogP contribution in [0, 0.1) is 5.82 Å². The number of hydrogen-bond donors (Lipinski definition) is 2. The quantitative estimate of drug-likeness (QED) is 0.778. The van der Waals surface area contributed by atoms with Crippen LogP contribution in [-0.4, -0.2) is 18.6 Å². The largest absolute Gasteiger partial charge is 0.283 e. The lowest BCUT2D eigenvalue weighted by Crippen LogP contribution is -2.15. The fraction of sp³-hybridized carbons (Fsp3) is 0.0714. The van der Waals surface area contributed by atoms with Crippen molar-refractivity contribution in [3.8, 4) is 0 Å². The summed E-state index contributed by atoms with van der Waals surface area (Å²) in [5.74, 6) is -0.948. The number of anilines is 1. The molecule has 0 unspecified atom stereocenters. The number of nitrogens with one attached hydrogen (secondary N) is 2. The fourth-order valence-electron chi connectivity index (χ4n) is 2.04. The van der Waals surface area contributed by atoms with Crippen LogP contribution in [0.2, 0.25) is 0 Å². The summed E-state index contributed by atoms with van der Waals surface area (Å²) in [5, 5.41) is 7.44. The van der Waals surface area contributed by atoms with Gasteiger partial charge in [0.15, 0.2) is 0 Å². The predicted octanol–water partition coefficient (Wildman–Crippen LogP) is 2.64. The van der Waals surface area contributed by atoms with E-state index in [0.717, 1.165) is 10.9 Å². The number of aromatic amines is 1. The second-order valence-electron chi connectivity index (χ2n) is 4.62. The maximum Gasteiger partial charge on any atom is 0.237 e. The molecule has 21 heavy (non-hydrogen) atoms. The highest BCUT2D eigenvalue weighted by molar-refractivity contribution is 7.91. The van der Waals surface area contributed by atoms with Crippen molar-refractivity contribution in [2.75, 3.05) is 4.72 Å². The second kappa shape index (κ2) is 5.17. The Morgan fingerprint density at radius 2 is 2.00 bits per heavy atom. The van der Waals surface area contributed by atoms with Gasteiger partial charge in [-0.1, -0.05) is 18.2 Å². The molecule has 0 bridgehead atoms. The molecule has 1 heterocycles. The van der Waals surface area contributed by atoms with E-state index in [1.807, 2.05) is 0 Å². The first-order valence-corrected chi connectivity index (χ1v) is 7.86. The first-order valence-electron chi connectivity index (χ1n) is 6.20. The first-order chi connectivity index (χ1) is 10.0.